The maximum Gasteiger partial charge on any atom is 0.0307 e. The van der Waals surface area contributed by atoms with Gasteiger partial charge in [-0.15, -0.1) is 0 Å². The zero-order valence-electron chi connectivity index (χ0n) is 3.40. The van der Waals surface area contributed by atoms with Crippen molar-refractivity contribution in [2.45, 2.75) is 13.3 Å². The Bertz CT molecular complexity index is 11.1. The highest BCUT2D eigenvalue weighted by molar-refractivity contribution is 8.00. The van der Waals surface area contributed by atoms with Crippen molar-refractivity contribution in [3.63, 3.8) is 0 Å². The van der Waals surface area contributed by atoms with Crippen molar-refractivity contribution in [3.05, 3.63) is 6.26 Å². The Morgan fingerprint density at radius 1 is 1.80 bits per heavy atom. The molecular formula is C4H8S. The van der Waals surface area contributed by atoms with Gasteiger partial charge in [-0.3, -0.25) is 0 Å². The summed E-state index contributed by atoms with van der Waals surface area (Å²) in [4.78, 5) is 0. The van der Waals surface area contributed by atoms with E-state index in [1.54, 1.807) is 0 Å². The van der Waals surface area contributed by atoms with Gasteiger partial charge in [0.25, 0.3) is 0 Å². The molecule has 0 rings (SSSR count). The molecule has 1 heteroatoms. The lowest BCUT2D eigenvalue weighted by atomic mass is 10.6. The van der Waals surface area contributed by atoms with E-state index in [0.29, 0.717) is 0 Å². The van der Waals surface area contributed by atoms with Gasteiger partial charge in [0.1, 0.15) is 0 Å². The van der Waals surface area contributed by atoms with Crippen molar-refractivity contribution in [1.29, 1.82) is 0 Å². The molecule has 2 radical (unpaired) electrons. The molecule has 0 aromatic heterocycles. The summed E-state index contributed by atoms with van der Waals surface area (Å²) in [6, 6.07) is 0. The molecular weight excluding hydrogens is 80.1 g/mol. The normalized spacial score (nSPS) is 8.40. The topological polar surface area (TPSA) is 0 Å². The highest BCUT2D eigenvalue weighted by Crippen LogP contribution is 1.94. The van der Waals surface area contributed by atoms with E-state index in [1.807, 2.05) is 0 Å². The molecule has 0 aliphatic rings. The van der Waals surface area contributed by atoms with E-state index in [4.69, 9.17) is 6.26 Å². The molecule has 30 valence electrons. The van der Waals surface area contributed by atoms with Crippen LogP contribution in [0, 0.1) is 6.26 Å². The van der Waals surface area contributed by atoms with Crippen LogP contribution in [0.2, 0.25) is 0 Å². The maximum atomic E-state index is 5.06. The minimum absolute atomic E-state index is 1.08. The molecule has 0 saturated carbocycles. The van der Waals surface area contributed by atoms with Crippen molar-refractivity contribution < 1.29 is 0 Å². The summed E-state index contributed by atoms with van der Waals surface area (Å²) in [7, 11) is 0. The van der Waals surface area contributed by atoms with Crippen molar-refractivity contribution >= 4 is 11.8 Å². The quantitative estimate of drug-likeness (QED) is 0.496. The van der Waals surface area contributed by atoms with Crippen LogP contribution in [0.4, 0.5) is 0 Å². The first-order valence-corrected chi connectivity index (χ1v) is 2.78. The average Bonchev–Trinajstić information content (AvgIpc) is 1.41. The van der Waals surface area contributed by atoms with Gasteiger partial charge in [-0.25, -0.2) is 0 Å². The monoisotopic (exact) mass is 88.0 g/mol. The average molecular weight is 88.2 g/mol. The SMILES string of the molecule is [CH]SCCC. The van der Waals surface area contributed by atoms with E-state index in [-0.39, 0.29) is 0 Å². The van der Waals surface area contributed by atoms with E-state index in [0.717, 1.165) is 5.75 Å². The van der Waals surface area contributed by atoms with Gasteiger partial charge in [0.15, 0.2) is 0 Å². The van der Waals surface area contributed by atoms with E-state index in [2.05, 4.69) is 6.92 Å². The first-order valence-electron chi connectivity index (χ1n) is 1.73. The van der Waals surface area contributed by atoms with Crippen LogP contribution in [0.25, 0.3) is 0 Å². The van der Waals surface area contributed by atoms with Gasteiger partial charge in [0.2, 0.25) is 0 Å². The number of hydrogen-bond acceptors (Lipinski definition) is 1. The zero-order valence-corrected chi connectivity index (χ0v) is 4.22. The molecule has 0 fully saturated rings. The van der Waals surface area contributed by atoms with Gasteiger partial charge in [-0.05, 0) is 12.2 Å². The Labute approximate surface area is 38.0 Å². The standard InChI is InChI=1S/C4H8S/c1-3-4-5-2/h2H,3-4H2,1H3. The van der Waals surface area contributed by atoms with Crippen LogP contribution in [0.5, 0.6) is 0 Å². The van der Waals surface area contributed by atoms with Gasteiger partial charge in [-0.2, -0.15) is 11.8 Å². The summed E-state index contributed by atoms with van der Waals surface area (Å²) in [6.45, 7) is 2.11. The van der Waals surface area contributed by atoms with Crippen LogP contribution in [-0.4, -0.2) is 5.75 Å². The molecule has 0 unspecified atom stereocenters. The molecule has 0 amide bonds. The van der Waals surface area contributed by atoms with Crippen molar-refractivity contribution in [1.82, 2.24) is 0 Å². The molecule has 0 bridgehead atoms. The Balaban J connectivity index is 2.19. The second-order valence-electron chi connectivity index (χ2n) is 0.871. The van der Waals surface area contributed by atoms with Crippen LogP contribution in [-0.2, 0) is 0 Å². The van der Waals surface area contributed by atoms with Gasteiger partial charge in [0.05, 0.1) is 0 Å². The lowest BCUT2D eigenvalue weighted by molar-refractivity contribution is 1.11. The van der Waals surface area contributed by atoms with E-state index in [1.165, 1.54) is 18.2 Å². The van der Waals surface area contributed by atoms with Gasteiger partial charge < -0.3 is 0 Å². The predicted octanol–water partition coefficient (Wildman–Crippen LogP) is 1.80. The molecule has 0 N–H and O–H groups in total. The van der Waals surface area contributed by atoms with Crippen molar-refractivity contribution in [2.24, 2.45) is 0 Å². The smallest absolute Gasteiger partial charge is 0.0307 e. The van der Waals surface area contributed by atoms with Gasteiger partial charge in [-0.1, -0.05) is 6.92 Å². The molecule has 0 aromatic carbocycles. The molecule has 0 heterocycles. The van der Waals surface area contributed by atoms with E-state index < -0.39 is 0 Å². The molecule has 0 spiro atoms. The number of hydrogen-bond donors (Lipinski definition) is 0. The van der Waals surface area contributed by atoms with Gasteiger partial charge in [0, 0.05) is 6.26 Å². The number of rotatable bonds is 2. The first kappa shape index (κ1) is 5.35. The molecule has 0 aliphatic carbocycles. The fraction of sp³-hybridized carbons (Fsp3) is 0.750. The van der Waals surface area contributed by atoms with E-state index in [9.17, 15) is 0 Å². The maximum absolute atomic E-state index is 5.06. The predicted molar refractivity (Wildman–Crippen MR) is 27.0 cm³/mol. The third kappa shape index (κ3) is 4.35. The third-order valence-electron chi connectivity index (χ3n) is 0.322. The summed E-state index contributed by atoms with van der Waals surface area (Å²) >= 11 is 1.40. The molecule has 0 aromatic rings. The molecule has 0 aliphatic heterocycles. The Morgan fingerprint density at radius 3 is 2.40 bits per heavy atom. The Kier molecular flexibility index (Phi) is 4.65. The first-order chi connectivity index (χ1) is 2.41. The van der Waals surface area contributed by atoms with Crippen LogP contribution < -0.4 is 0 Å². The fourth-order valence-electron chi connectivity index (χ4n) is 0.118. The second kappa shape index (κ2) is 4.35. The minimum Gasteiger partial charge on any atom is -0.156 e. The highest BCUT2D eigenvalue weighted by atomic mass is 32.2. The van der Waals surface area contributed by atoms with E-state index >= 15 is 0 Å². The second-order valence-corrected chi connectivity index (χ2v) is 1.61. The minimum atomic E-state index is 1.08. The Morgan fingerprint density at radius 2 is 2.40 bits per heavy atom. The van der Waals surface area contributed by atoms with Crippen molar-refractivity contribution in [2.75, 3.05) is 5.75 Å². The number of thioether (sulfide) groups is 1. The van der Waals surface area contributed by atoms with Crippen molar-refractivity contribution in [3.8, 4) is 0 Å². The molecule has 0 atom stereocenters. The lowest BCUT2D eigenvalue weighted by Gasteiger charge is -1.79. The van der Waals surface area contributed by atoms with Crippen LogP contribution in [0.15, 0.2) is 0 Å². The zero-order chi connectivity index (χ0) is 4.12. The summed E-state index contributed by atoms with van der Waals surface area (Å²) in [5.74, 6) is 1.08. The third-order valence-corrected chi connectivity index (χ3v) is 0.966. The Hall–Kier alpha value is 0.350. The van der Waals surface area contributed by atoms with Gasteiger partial charge >= 0.3 is 0 Å². The highest BCUT2D eigenvalue weighted by Gasteiger charge is 1.68. The molecule has 5 heavy (non-hydrogen) atoms. The molecule has 0 saturated heterocycles. The summed E-state index contributed by atoms with van der Waals surface area (Å²) in [5, 5.41) is 0. The summed E-state index contributed by atoms with van der Waals surface area (Å²) < 4.78 is 0. The van der Waals surface area contributed by atoms with Crippen LogP contribution >= 0.6 is 11.8 Å². The van der Waals surface area contributed by atoms with Crippen LogP contribution in [0.1, 0.15) is 13.3 Å². The lowest BCUT2D eigenvalue weighted by Crippen LogP contribution is -1.63. The summed E-state index contributed by atoms with van der Waals surface area (Å²) in [5.41, 5.74) is 0. The summed E-state index contributed by atoms with van der Waals surface area (Å²) in [6.07, 6.45) is 6.24. The largest absolute Gasteiger partial charge is 0.156 e. The molecule has 0 nitrogen and oxygen atoms in total. The fourth-order valence-corrected chi connectivity index (χ4v) is 0.354. The van der Waals surface area contributed by atoms with Crippen LogP contribution in [0.3, 0.4) is 0 Å².